The molecule has 0 radical (unpaired) electrons. The van der Waals surface area contributed by atoms with Gasteiger partial charge in [-0.3, -0.25) is 9.79 Å². The summed E-state index contributed by atoms with van der Waals surface area (Å²) in [5.41, 5.74) is 1.40. The zero-order valence-corrected chi connectivity index (χ0v) is 7.37. The lowest BCUT2D eigenvalue weighted by molar-refractivity contribution is 0.104. The first-order valence-electron chi connectivity index (χ1n) is 4.08. The van der Waals surface area contributed by atoms with Gasteiger partial charge in [-0.05, 0) is 18.2 Å². The number of nitrogens with zero attached hydrogens (tertiary/aromatic N) is 1. The molecule has 0 amide bonds. The van der Waals surface area contributed by atoms with Crippen LogP contribution in [0.2, 0.25) is 0 Å². The molecular formula is C11H9NO. The maximum absolute atomic E-state index is 11.5. The van der Waals surface area contributed by atoms with E-state index in [2.05, 4.69) is 11.6 Å². The van der Waals surface area contributed by atoms with E-state index in [9.17, 15) is 4.79 Å². The Morgan fingerprint density at radius 2 is 2.15 bits per heavy atom. The Kier molecular flexibility index (Phi) is 1.62. The molecule has 2 heteroatoms. The largest absolute Gasteiger partial charge is 0.289 e. The predicted octanol–water partition coefficient (Wildman–Crippen LogP) is 0.817. The Hall–Kier alpha value is -1.70. The zero-order chi connectivity index (χ0) is 9.42. The summed E-state index contributed by atoms with van der Waals surface area (Å²) in [6.45, 7) is 5.64. The minimum absolute atomic E-state index is 0.0213. The number of benzene rings is 1. The van der Waals surface area contributed by atoms with Crippen LogP contribution in [-0.2, 0) is 0 Å². The molecule has 0 spiro atoms. The van der Waals surface area contributed by atoms with Gasteiger partial charge in [0.05, 0.1) is 5.36 Å². The van der Waals surface area contributed by atoms with Crippen molar-refractivity contribution in [2.75, 3.05) is 0 Å². The van der Waals surface area contributed by atoms with Crippen molar-refractivity contribution in [3.8, 4) is 0 Å². The van der Waals surface area contributed by atoms with Crippen molar-refractivity contribution in [1.82, 2.24) is 0 Å². The van der Waals surface area contributed by atoms with Crippen LogP contribution in [-0.4, -0.2) is 5.78 Å². The van der Waals surface area contributed by atoms with Crippen LogP contribution < -0.4 is 10.6 Å². The summed E-state index contributed by atoms with van der Waals surface area (Å²) in [5.74, 6) is 0.0213. The summed E-state index contributed by atoms with van der Waals surface area (Å²) in [6, 6.07) is 5.45. The van der Waals surface area contributed by atoms with Gasteiger partial charge in [-0.15, -0.1) is 0 Å². The van der Waals surface area contributed by atoms with Crippen LogP contribution in [0.3, 0.4) is 0 Å². The second-order valence-corrected chi connectivity index (χ2v) is 3.08. The monoisotopic (exact) mass is 171 g/mol. The topological polar surface area (TPSA) is 29.4 Å². The molecule has 2 nitrogen and oxygen atoms in total. The summed E-state index contributed by atoms with van der Waals surface area (Å²) < 4.78 is 0. The first-order chi connectivity index (χ1) is 6.18. The van der Waals surface area contributed by atoms with E-state index in [4.69, 9.17) is 0 Å². The molecule has 0 bridgehead atoms. The van der Waals surface area contributed by atoms with E-state index in [0.717, 1.165) is 10.9 Å². The van der Waals surface area contributed by atoms with Gasteiger partial charge in [0.1, 0.15) is 0 Å². The lowest BCUT2D eigenvalue weighted by atomic mass is 10.1. The van der Waals surface area contributed by atoms with Gasteiger partial charge in [0.2, 0.25) is 0 Å². The standard InChI is InChI=1S/C11H9NO/c1-7-4-3-5-9-10(13)6-8(2)12-11(7)9/h3-6H,1H2,2H3. The van der Waals surface area contributed by atoms with Crippen LogP contribution in [0, 0.1) is 0 Å². The molecule has 0 aromatic heterocycles. The number of carbonyl (C=O) groups excluding carboxylic acids is 1. The van der Waals surface area contributed by atoms with E-state index in [1.807, 2.05) is 19.1 Å². The summed E-state index contributed by atoms with van der Waals surface area (Å²) in [6.07, 6.45) is 1.54. The third kappa shape index (κ3) is 1.20. The van der Waals surface area contributed by atoms with Gasteiger partial charge >= 0.3 is 0 Å². The highest BCUT2D eigenvalue weighted by atomic mass is 16.1. The molecule has 0 atom stereocenters. The number of rotatable bonds is 0. The number of para-hydroxylation sites is 1. The van der Waals surface area contributed by atoms with E-state index in [0.29, 0.717) is 10.9 Å². The van der Waals surface area contributed by atoms with Crippen LogP contribution in [0.25, 0.3) is 6.58 Å². The van der Waals surface area contributed by atoms with E-state index in [1.54, 1.807) is 12.1 Å². The molecule has 1 aromatic carbocycles. The van der Waals surface area contributed by atoms with Gasteiger partial charge in [0.25, 0.3) is 0 Å². The summed E-state index contributed by atoms with van der Waals surface area (Å²) >= 11 is 0. The Balaban J connectivity index is 2.92. The van der Waals surface area contributed by atoms with Crippen molar-refractivity contribution < 1.29 is 4.79 Å². The van der Waals surface area contributed by atoms with Crippen molar-refractivity contribution in [1.29, 1.82) is 0 Å². The third-order valence-corrected chi connectivity index (χ3v) is 2.01. The Morgan fingerprint density at radius 1 is 1.38 bits per heavy atom. The molecule has 1 aliphatic heterocycles. The molecule has 0 saturated heterocycles. The average molecular weight is 171 g/mol. The summed E-state index contributed by atoms with van der Waals surface area (Å²) in [7, 11) is 0. The molecule has 0 N–H and O–H groups in total. The second kappa shape index (κ2) is 2.66. The Morgan fingerprint density at radius 3 is 2.92 bits per heavy atom. The summed E-state index contributed by atoms with van der Waals surface area (Å²) in [5, 5.41) is 1.52. The third-order valence-electron chi connectivity index (χ3n) is 2.01. The lowest BCUT2D eigenvalue weighted by Crippen LogP contribution is -2.31. The highest BCUT2D eigenvalue weighted by Crippen LogP contribution is 2.03. The minimum Gasteiger partial charge on any atom is -0.289 e. The van der Waals surface area contributed by atoms with E-state index in [1.165, 1.54) is 0 Å². The second-order valence-electron chi connectivity index (χ2n) is 3.08. The fourth-order valence-electron chi connectivity index (χ4n) is 1.40. The Bertz CT molecular complexity index is 511. The fourth-order valence-corrected chi connectivity index (χ4v) is 1.40. The number of hydrogen-bond acceptors (Lipinski definition) is 2. The van der Waals surface area contributed by atoms with Crippen LogP contribution >= 0.6 is 0 Å². The number of fused-ring (bicyclic) bond motifs is 1. The van der Waals surface area contributed by atoms with Gasteiger partial charge < -0.3 is 0 Å². The van der Waals surface area contributed by atoms with E-state index < -0.39 is 0 Å². The van der Waals surface area contributed by atoms with E-state index >= 15 is 0 Å². The molecule has 0 unspecified atom stereocenters. The molecule has 1 heterocycles. The number of carbonyl (C=O) groups is 1. The molecular weight excluding hydrogens is 162 g/mol. The molecule has 1 aliphatic rings. The van der Waals surface area contributed by atoms with Crippen LogP contribution in [0.1, 0.15) is 17.3 Å². The number of hydrogen-bond donors (Lipinski definition) is 0. The first-order valence-corrected chi connectivity index (χ1v) is 4.08. The fraction of sp³-hybridized carbons (Fsp3) is 0.0909. The molecule has 2 rings (SSSR count). The van der Waals surface area contributed by atoms with Crippen molar-refractivity contribution >= 4 is 12.4 Å². The Labute approximate surface area is 75.9 Å². The maximum Gasteiger partial charge on any atom is 0.189 e. The van der Waals surface area contributed by atoms with Crippen LogP contribution in [0.4, 0.5) is 0 Å². The van der Waals surface area contributed by atoms with Crippen molar-refractivity contribution in [3.05, 3.63) is 46.1 Å². The average Bonchev–Trinajstić information content (AvgIpc) is 2.07. The quantitative estimate of drug-likeness (QED) is 0.568. The van der Waals surface area contributed by atoms with Crippen molar-refractivity contribution in [2.24, 2.45) is 4.99 Å². The van der Waals surface area contributed by atoms with Crippen molar-refractivity contribution in [2.45, 2.75) is 6.92 Å². The van der Waals surface area contributed by atoms with Gasteiger partial charge in [0.15, 0.2) is 5.78 Å². The SMILES string of the molecule is C=c1cccc2c1=NC(C)=CC2=O. The van der Waals surface area contributed by atoms with Gasteiger partial charge in [-0.1, -0.05) is 18.7 Å². The minimum atomic E-state index is 0.0213. The highest BCUT2D eigenvalue weighted by molar-refractivity contribution is 6.05. The highest BCUT2D eigenvalue weighted by Gasteiger charge is 2.10. The molecule has 13 heavy (non-hydrogen) atoms. The first kappa shape index (κ1) is 7.92. The van der Waals surface area contributed by atoms with Crippen LogP contribution in [0.5, 0.6) is 0 Å². The summed E-state index contributed by atoms with van der Waals surface area (Å²) in [4.78, 5) is 15.8. The lowest BCUT2D eigenvalue weighted by Gasteiger charge is -2.04. The molecule has 0 fully saturated rings. The van der Waals surface area contributed by atoms with Gasteiger partial charge in [-0.25, -0.2) is 0 Å². The molecule has 0 aliphatic carbocycles. The zero-order valence-electron chi connectivity index (χ0n) is 7.37. The number of ketones is 1. The van der Waals surface area contributed by atoms with Gasteiger partial charge in [0, 0.05) is 17.3 Å². The molecule has 0 saturated carbocycles. The maximum atomic E-state index is 11.5. The molecule has 64 valence electrons. The van der Waals surface area contributed by atoms with Crippen molar-refractivity contribution in [3.63, 3.8) is 0 Å². The van der Waals surface area contributed by atoms with Crippen LogP contribution in [0.15, 0.2) is 35.0 Å². The molecule has 1 aromatic rings. The predicted molar refractivity (Wildman–Crippen MR) is 50.8 cm³/mol. The number of allylic oxidation sites excluding steroid dienone is 2. The normalized spacial score (nSPS) is 14.5. The van der Waals surface area contributed by atoms with Gasteiger partial charge in [-0.2, -0.15) is 0 Å². The van der Waals surface area contributed by atoms with E-state index in [-0.39, 0.29) is 5.78 Å². The smallest absolute Gasteiger partial charge is 0.189 e.